The van der Waals surface area contributed by atoms with Crippen LogP contribution >= 0.6 is 0 Å². The van der Waals surface area contributed by atoms with Gasteiger partial charge in [0.2, 0.25) is 0 Å². The number of unbranched alkanes of at least 4 members (excludes halogenated alkanes) is 2. The number of rotatable bonds is 10. The van der Waals surface area contributed by atoms with Crippen molar-refractivity contribution in [1.29, 1.82) is 10.5 Å². The molecule has 31 heavy (non-hydrogen) atoms. The average molecular weight is 411 g/mol. The van der Waals surface area contributed by atoms with Crippen LogP contribution in [0.5, 0.6) is 0 Å². The van der Waals surface area contributed by atoms with E-state index < -0.39 is 0 Å². The SMILES string of the molecule is CC(C)(C#N)CCCCC1(CCCCC(C)(C)C#N)c2c[c]ccc2-c2cc[c]cc21. The van der Waals surface area contributed by atoms with Gasteiger partial charge in [0, 0.05) is 5.41 Å². The van der Waals surface area contributed by atoms with Crippen LogP contribution in [0.1, 0.15) is 90.2 Å². The topological polar surface area (TPSA) is 47.6 Å². The zero-order valence-electron chi connectivity index (χ0n) is 19.5. The van der Waals surface area contributed by atoms with Gasteiger partial charge in [0.05, 0.1) is 23.0 Å². The fourth-order valence-corrected chi connectivity index (χ4v) is 5.03. The Bertz CT molecular complexity index is 903. The number of hydrogen-bond donors (Lipinski definition) is 0. The maximum absolute atomic E-state index is 9.36. The van der Waals surface area contributed by atoms with Gasteiger partial charge in [0.25, 0.3) is 0 Å². The fourth-order valence-electron chi connectivity index (χ4n) is 5.03. The van der Waals surface area contributed by atoms with Crippen LogP contribution in [0.4, 0.5) is 0 Å². The molecule has 0 amide bonds. The summed E-state index contributed by atoms with van der Waals surface area (Å²) in [5.41, 5.74) is 4.90. The van der Waals surface area contributed by atoms with Crippen molar-refractivity contribution in [2.45, 2.75) is 84.5 Å². The summed E-state index contributed by atoms with van der Waals surface area (Å²) in [7, 11) is 0. The van der Waals surface area contributed by atoms with E-state index in [4.69, 9.17) is 0 Å². The Kier molecular flexibility index (Phi) is 6.91. The molecular formula is C29H34N2. The summed E-state index contributed by atoms with van der Waals surface area (Å²) >= 11 is 0. The van der Waals surface area contributed by atoms with Crippen LogP contribution in [0.3, 0.4) is 0 Å². The minimum Gasteiger partial charge on any atom is -0.198 e. The van der Waals surface area contributed by atoms with E-state index in [2.05, 4.69) is 48.5 Å². The highest BCUT2D eigenvalue weighted by atomic mass is 14.4. The standard InChI is InChI=1S/C29H34N2/c1-27(2,21-30)17-9-11-19-29(20-12-10-18-28(3,4)22-31)25-15-7-5-13-23(25)24-14-6-8-16-26(24)29/h5-6,13-16H,9-12,17-20H2,1-4H3. The maximum Gasteiger partial charge on any atom is 0.0683 e. The second-order valence-corrected chi connectivity index (χ2v) is 10.4. The molecule has 2 radical (unpaired) electrons. The predicted molar refractivity (Wildman–Crippen MR) is 126 cm³/mol. The molecule has 0 bridgehead atoms. The van der Waals surface area contributed by atoms with Crippen molar-refractivity contribution in [1.82, 2.24) is 0 Å². The Morgan fingerprint density at radius 1 is 0.742 bits per heavy atom. The van der Waals surface area contributed by atoms with Crippen molar-refractivity contribution >= 4 is 0 Å². The molecule has 1 aliphatic rings. The van der Waals surface area contributed by atoms with E-state index in [1.54, 1.807) is 0 Å². The summed E-state index contributed by atoms with van der Waals surface area (Å²) < 4.78 is 0. The Balaban J connectivity index is 1.85. The van der Waals surface area contributed by atoms with Gasteiger partial charge in [0.15, 0.2) is 0 Å². The van der Waals surface area contributed by atoms with Gasteiger partial charge in [-0.25, -0.2) is 0 Å². The third-order valence-corrected chi connectivity index (χ3v) is 6.97. The molecule has 1 aliphatic carbocycles. The zero-order chi connectivity index (χ0) is 22.5. The first-order chi connectivity index (χ1) is 14.7. The molecule has 0 spiro atoms. The highest BCUT2D eigenvalue weighted by Crippen LogP contribution is 2.54. The quantitative estimate of drug-likeness (QED) is 0.375. The largest absolute Gasteiger partial charge is 0.198 e. The molecule has 2 aromatic rings. The molecule has 0 saturated heterocycles. The third kappa shape index (κ3) is 5.02. The molecular weight excluding hydrogens is 376 g/mol. The summed E-state index contributed by atoms with van der Waals surface area (Å²) in [4.78, 5) is 0. The van der Waals surface area contributed by atoms with E-state index in [1.165, 1.54) is 22.3 Å². The monoisotopic (exact) mass is 410 g/mol. The highest BCUT2D eigenvalue weighted by molar-refractivity contribution is 5.80. The number of hydrogen-bond acceptors (Lipinski definition) is 2. The van der Waals surface area contributed by atoms with Crippen LogP contribution in [0, 0.1) is 45.6 Å². The molecule has 0 aliphatic heterocycles. The summed E-state index contributed by atoms with van der Waals surface area (Å²) in [5.74, 6) is 0. The van der Waals surface area contributed by atoms with Crippen molar-refractivity contribution in [2.24, 2.45) is 10.8 Å². The highest BCUT2D eigenvalue weighted by Gasteiger charge is 2.42. The molecule has 160 valence electrons. The second kappa shape index (κ2) is 9.28. The van der Waals surface area contributed by atoms with Crippen molar-refractivity contribution < 1.29 is 0 Å². The lowest BCUT2D eigenvalue weighted by Gasteiger charge is -2.33. The normalized spacial score (nSPS) is 14.4. The Labute approximate surface area is 188 Å². The van der Waals surface area contributed by atoms with Gasteiger partial charge in [-0.1, -0.05) is 49.9 Å². The first-order valence-electron chi connectivity index (χ1n) is 11.6. The van der Waals surface area contributed by atoms with Gasteiger partial charge in [-0.05, 0) is 99.9 Å². The predicted octanol–water partition coefficient (Wildman–Crippen LogP) is 7.77. The van der Waals surface area contributed by atoms with E-state index in [1.807, 2.05) is 39.8 Å². The molecule has 2 aromatic carbocycles. The van der Waals surface area contributed by atoms with E-state index >= 15 is 0 Å². The molecule has 0 saturated carbocycles. The molecule has 2 heteroatoms. The number of fused-ring (bicyclic) bond motifs is 3. The Morgan fingerprint density at radius 2 is 1.16 bits per heavy atom. The van der Waals surface area contributed by atoms with Crippen molar-refractivity contribution in [3.8, 4) is 23.3 Å². The summed E-state index contributed by atoms with van der Waals surface area (Å²) in [6.07, 6.45) is 8.31. The maximum atomic E-state index is 9.36. The number of benzene rings is 2. The second-order valence-electron chi connectivity index (χ2n) is 10.4. The van der Waals surface area contributed by atoms with Crippen molar-refractivity contribution in [3.05, 3.63) is 59.7 Å². The number of nitriles is 2. The molecule has 3 rings (SSSR count). The molecule has 0 unspecified atom stereocenters. The summed E-state index contributed by atoms with van der Waals surface area (Å²) in [6, 6.07) is 24.3. The first-order valence-corrected chi connectivity index (χ1v) is 11.6. The third-order valence-electron chi connectivity index (χ3n) is 6.97. The Morgan fingerprint density at radius 3 is 1.55 bits per heavy atom. The zero-order valence-corrected chi connectivity index (χ0v) is 19.5. The van der Waals surface area contributed by atoms with Gasteiger partial charge < -0.3 is 0 Å². The lowest BCUT2D eigenvalue weighted by molar-refractivity contribution is 0.358. The summed E-state index contributed by atoms with van der Waals surface area (Å²) in [6.45, 7) is 8.13. The first kappa shape index (κ1) is 23.1. The van der Waals surface area contributed by atoms with Crippen LogP contribution in [-0.2, 0) is 5.41 Å². The lowest BCUT2D eigenvalue weighted by Crippen LogP contribution is -2.26. The van der Waals surface area contributed by atoms with Crippen LogP contribution in [0.15, 0.2) is 36.4 Å². The van der Waals surface area contributed by atoms with Gasteiger partial charge >= 0.3 is 0 Å². The van der Waals surface area contributed by atoms with Gasteiger partial charge in [-0.3, -0.25) is 0 Å². The van der Waals surface area contributed by atoms with Crippen LogP contribution in [0.2, 0.25) is 0 Å². The smallest absolute Gasteiger partial charge is 0.0683 e. The van der Waals surface area contributed by atoms with Gasteiger partial charge in [0.1, 0.15) is 0 Å². The summed E-state index contributed by atoms with van der Waals surface area (Å²) in [5, 5.41) is 18.7. The van der Waals surface area contributed by atoms with Crippen molar-refractivity contribution in [2.75, 3.05) is 0 Å². The Hall–Kier alpha value is -2.58. The van der Waals surface area contributed by atoms with E-state index in [9.17, 15) is 10.5 Å². The van der Waals surface area contributed by atoms with Gasteiger partial charge in [-0.15, -0.1) is 0 Å². The van der Waals surface area contributed by atoms with Crippen LogP contribution in [-0.4, -0.2) is 0 Å². The van der Waals surface area contributed by atoms with Crippen LogP contribution < -0.4 is 0 Å². The minimum atomic E-state index is -0.261. The average Bonchev–Trinajstić information content (AvgIpc) is 3.05. The minimum absolute atomic E-state index is 0.0201. The molecule has 0 heterocycles. The van der Waals surface area contributed by atoms with E-state index in [0.717, 1.165) is 51.4 Å². The molecule has 2 nitrogen and oxygen atoms in total. The van der Waals surface area contributed by atoms with Crippen molar-refractivity contribution in [3.63, 3.8) is 0 Å². The fraction of sp³-hybridized carbons (Fsp3) is 0.517. The molecule has 0 aromatic heterocycles. The van der Waals surface area contributed by atoms with Gasteiger partial charge in [-0.2, -0.15) is 10.5 Å². The molecule has 0 atom stereocenters. The number of nitrogens with zero attached hydrogens (tertiary/aromatic N) is 2. The van der Waals surface area contributed by atoms with E-state index in [-0.39, 0.29) is 16.2 Å². The lowest BCUT2D eigenvalue weighted by atomic mass is 9.70. The van der Waals surface area contributed by atoms with Crippen LogP contribution in [0.25, 0.3) is 11.1 Å². The molecule has 0 fully saturated rings. The molecule has 0 N–H and O–H groups in total. The van der Waals surface area contributed by atoms with E-state index in [0.29, 0.717) is 0 Å².